The number of piperazine rings is 1. The van der Waals surface area contributed by atoms with E-state index in [0.717, 1.165) is 56.4 Å². The molecule has 2 aliphatic rings. The fraction of sp³-hybridized carbons (Fsp3) is 0.391. The number of carbonyl (C=O) groups excluding carboxylic acids is 1. The predicted molar refractivity (Wildman–Crippen MR) is 118 cm³/mol. The highest BCUT2D eigenvalue weighted by Gasteiger charge is 2.22. The minimum Gasteiger partial charge on any atom is -0.366 e. The number of para-hydroxylation sites is 1. The standard InChI is InChI=1S/C23H28FN5O/c1-25-23(28-15-13-27(14-16-28)21-6-3-2-5-20(21)24)26-17-18-8-10-19(11-9-18)29-12-4-7-22(29)30/h2-3,5-6,8-11H,4,7,12-17H2,1H3,(H,25,26). The van der Waals surface area contributed by atoms with Gasteiger partial charge in [0.25, 0.3) is 0 Å². The molecule has 2 heterocycles. The lowest BCUT2D eigenvalue weighted by Gasteiger charge is -2.37. The van der Waals surface area contributed by atoms with Gasteiger partial charge in [0, 0.05) is 58.4 Å². The molecule has 0 aromatic heterocycles. The Balaban J connectivity index is 1.30. The number of anilines is 2. The summed E-state index contributed by atoms with van der Waals surface area (Å²) in [5.41, 5.74) is 2.77. The minimum atomic E-state index is -0.174. The van der Waals surface area contributed by atoms with E-state index in [0.29, 0.717) is 18.7 Å². The summed E-state index contributed by atoms with van der Waals surface area (Å²) in [6.07, 6.45) is 1.58. The van der Waals surface area contributed by atoms with E-state index in [1.807, 2.05) is 29.2 Å². The van der Waals surface area contributed by atoms with Crippen LogP contribution in [0, 0.1) is 5.82 Å². The Bertz CT molecular complexity index is 906. The molecule has 0 aliphatic carbocycles. The van der Waals surface area contributed by atoms with Crippen LogP contribution in [-0.4, -0.2) is 56.5 Å². The Morgan fingerprint density at radius 2 is 1.77 bits per heavy atom. The van der Waals surface area contributed by atoms with Crippen molar-refractivity contribution < 1.29 is 9.18 Å². The molecule has 0 bridgehead atoms. The Morgan fingerprint density at radius 1 is 1.03 bits per heavy atom. The van der Waals surface area contributed by atoms with E-state index in [1.165, 1.54) is 6.07 Å². The van der Waals surface area contributed by atoms with Crippen molar-refractivity contribution in [1.82, 2.24) is 10.2 Å². The maximum Gasteiger partial charge on any atom is 0.227 e. The molecule has 1 N–H and O–H groups in total. The Hall–Kier alpha value is -3.09. The quantitative estimate of drug-likeness (QED) is 0.623. The highest BCUT2D eigenvalue weighted by molar-refractivity contribution is 5.95. The SMILES string of the molecule is CN=C(NCc1ccc(N2CCCC2=O)cc1)N1CCN(c2ccccc2F)CC1. The summed E-state index contributed by atoms with van der Waals surface area (Å²) in [4.78, 5) is 22.4. The first-order valence-electron chi connectivity index (χ1n) is 10.5. The number of hydrogen-bond donors (Lipinski definition) is 1. The van der Waals surface area contributed by atoms with Crippen LogP contribution in [0.15, 0.2) is 53.5 Å². The van der Waals surface area contributed by atoms with Gasteiger partial charge >= 0.3 is 0 Å². The molecule has 2 saturated heterocycles. The van der Waals surface area contributed by atoms with E-state index in [9.17, 15) is 9.18 Å². The van der Waals surface area contributed by atoms with Crippen LogP contribution in [-0.2, 0) is 11.3 Å². The summed E-state index contributed by atoms with van der Waals surface area (Å²) < 4.78 is 14.0. The van der Waals surface area contributed by atoms with Crippen molar-refractivity contribution in [3.63, 3.8) is 0 Å². The molecule has 0 radical (unpaired) electrons. The van der Waals surface area contributed by atoms with Gasteiger partial charge in [-0.3, -0.25) is 9.79 Å². The van der Waals surface area contributed by atoms with E-state index in [2.05, 4.69) is 32.2 Å². The first-order chi connectivity index (χ1) is 14.7. The number of amides is 1. The zero-order valence-electron chi connectivity index (χ0n) is 17.4. The summed E-state index contributed by atoms with van der Waals surface area (Å²) in [5, 5.41) is 3.42. The van der Waals surface area contributed by atoms with E-state index < -0.39 is 0 Å². The average Bonchev–Trinajstić information content (AvgIpc) is 3.21. The fourth-order valence-electron chi connectivity index (χ4n) is 4.10. The first-order valence-corrected chi connectivity index (χ1v) is 10.5. The van der Waals surface area contributed by atoms with Crippen LogP contribution in [0.25, 0.3) is 0 Å². The van der Waals surface area contributed by atoms with Crippen LogP contribution in [0.1, 0.15) is 18.4 Å². The number of guanidine groups is 1. The Labute approximate surface area is 177 Å². The van der Waals surface area contributed by atoms with Gasteiger partial charge in [0.2, 0.25) is 5.91 Å². The molecule has 7 heteroatoms. The van der Waals surface area contributed by atoms with E-state index in [-0.39, 0.29) is 11.7 Å². The topological polar surface area (TPSA) is 51.2 Å². The molecule has 0 saturated carbocycles. The molecule has 6 nitrogen and oxygen atoms in total. The number of hydrogen-bond acceptors (Lipinski definition) is 3. The van der Waals surface area contributed by atoms with E-state index >= 15 is 0 Å². The molecule has 0 unspecified atom stereocenters. The second-order valence-corrected chi connectivity index (χ2v) is 7.64. The summed E-state index contributed by atoms with van der Waals surface area (Å²) in [6.45, 7) is 4.53. The van der Waals surface area contributed by atoms with Crippen molar-refractivity contribution >= 4 is 23.2 Å². The number of aliphatic imine (C=N–C) groups is 1. The third-order valence-electron chi connectivity index (χ3n) is 5.76. The number of carbonyl (C=O) groups is 1. The molecule has 30 heavy (non-hydrogen) atoms. The van der Waals surface area contributed by atoms with Crippen LogP contribution in [0.2, 0.25) is 0 Å². The van der Waals surface area contributed by atoms with Crippen molar-refractivity contribution in [2.75, 3.05) is 49.6 Å². The van der Waals surface area contributed by atoms with Gasteiger partial charge in [-0.2, -0.15) is 0 Å². The summed E-state index contributed by atoms with van der Waals surface area (Å²) in [7, 11) is 1.79. The zero-order valence-corrected chi connectivity index (χ0v) is 17.4. The lowest BCUT2D eigenvalue weighted by Crippen LogP contribution is -2.52. The monoisotopic (exact) mass is 409 g/mol. The van der Waals surface area contributed by atoms with Gasteiger partial charge in [-0.05, 0) is 36.2 Å². The smallest absolute Gasteiger partial charge is 0.227 e. The van der Waals surface area contributed by atoms with Gasteiger partial charge < -0.3 is 20.0 Å². The minimum absolute atomic E-state index is 0.174. The third kappa shape index (κ3) is 4.40. The fourth-order valence-corrected chi connectivity index (χ4v) is 4.10. The van der Waals surface area contributed by atoms with Crippen molar-refractivity contribution in [3.8, 4) is 0 Å². The van der Waals surface area contributed by atoms with Crippen molar-refractivity contribution in [1.29, 1.82) is 0 Å². The highest BCUT2D eigenvalue weighted by atomic mass is 19.1. The molecule has 2 aromatic carbocycles. The molecule has 0 spiro atoms. The number of halogens is 1. The average molecular weight is 410 g/mol. The van der Waals surface area contributed by atoms with Crippen LogP contribution in [0.5, 0.6) is 0 Å². The number of rotatable bonds is 4. The van der Waals surface area contributed by atoms with Crippen LogP contribution < -0.4 is 15.1 Å². The molecular weight excluding hydrogens is 381 g/mol. The zero-order chi connectivity index (χ0) is 20.9. The van der Waals surface area contributed by atoms with E-state index in [4.69, 9.17) is 0 Å². The van der Waals surface area contributed by atoms with Gasteiger partial charge in [-0.15, -0.1) is 0 Å². The molecule has 2 fully saturated rings. The Kier molecular flexibility index (Phi) is 6.16. The summed E-state index contributed by atoms with van der Waals surface area (Å²) in [6, 6.07) is 15.1. The molecule has 1 amide bonds. The molecule has 2 aromatic rings. The Morgan fingerprint density at radius 3 is 2.40 bits per heavy atom. The molecule has 0 atom stereocenters. The lowest BCUT2D eigenvalue weighted by atomic mass is 10.2. The molecular formula is C23H28FN5O. The van der Waals surface area contributed by atoms with Gasteiger partial charge in [0.1, 0.15) is 5.82 Å². The van der Waals surface area contributed by atoms with Crippen LogP contribution >= 0.6 is 0 Å². The van der Waals surface area contributed by atoms with Crippen LogP contribution in [0.3, 0.4) is 0 Å². The second kappa shape index (κ2) is 9.15. The third-order valence-corrected chi connectivity index (χ3v) is 5.76. The molecule has 4 rings (SSSR count). The van der Waals surface area contributed by atoms with Gasteiger partial charge in [-0.1, -0.05) is 24.3 Å². The molecule has 2 aliphatic heterocycles. The van der Waals surface area contributed by atoms with E-state index in [1.54, 1.807) is 13.1 Å². The number of nitrogens with zero attached hydrogens (tertiary/aromatic N) is 4. The van der Waals surface area contributed by atoms with Crippen LogP contribution in [0.4, 0.5) is 15.8 Å². The van der Waals surface area contributed by atoms with Crippen molar-refractivity contribution in [2.45, 2.75) is 19.4 Å². The lowest BCUT2D eigenvalue weighted by molar-refractivity contribution is -0.117. The largest absolute Gasteiger partial charge is 0.366 e. The number of nitrogens with one attached hydrogen (secondary N) is 1. The maximum absolute atomic E-state index is 14.0. The first kappa shape index (κ1) is 20.2. The van der Waals surface area contributed by atoms with Gasteiger partial charge in [0.05, 0.1) is 5.69 Å². The predicted octanol–water partition coefficient (Wildman–Crippen LogP) is 2.85. The van der Waals surface area contributed by atoms with Crippen molar-refractivity contribution in [3.05, 3.63) is 59.9 Å². The van der Waals surface area contributed by atoms with Gasteiger partial charge in [-0.25, -0.2) is 4.39 Å². The normalized spacial score (nSPS) is 17.6. The van der Waals surface area contributed by atoms with Crippen molar-refractivity contribution in [2.24, 2.45) is 4.99 Å². The summed E-state index contributed by atoms with van der Waals surface area (Å²) >= 11 is 0. The number of benzene rings is 2. The highest BCUT2D eigenvalue weighted by Crippen LogP contribution is 2.22. The second-order valence-electron chi connectivity index (χ2n) is 7.64. The molecule has 158 valence electrons. The maximum atomic E-state index is 14.0. The van der Waals surface area contributed by atoms with Gasteiger partial charge in [0.15, 0.2) is 5.96 Å². The summed E-state index contributed by atoms with van der Waals surface area (Å²) in [5.74, 6) is 0.880.